The van der Waals surface area contributed by atoms with E-state index in [4.69, 9.17) is 22.4 Å². The van der Waals surface area contributed by atoms with E-state index in [2.05, 4.69) is 0 Å². The number of nitrogens with zero attached hydrogens (tertiary/aromatic N) is 2. The summed E-state index contributed by atoms with van der Waals surface area (Å²) in [6, 6.07) is 3.69. The molecule has 4 nitrogen and oxygen atoms in total. The number of hydrogen-bond donors (Lipinski definition) is 1. The predicted molar refractivity (Wildman–Crippen MR) is 57.3 cm³/mol. The van der Waals surface area contributed by atoms with Gasteiger partial charge in [0.2, 0.25) is 0 Å². The van der Waals surface area contributed by atoms with Crippen LogP contribution in [0.3, 0.4) is 0 Å². The van der Waals surface area contributed by atoms with Crippen molar-refractivity contribution < 1.29 is 4.42 Å². The van der Waals surface area contributed by atoms with Crippen molar-refractivity contribution in [3.05, 3.63) is 23.2 Å². The van der Waals surface area contributed by atoms with E-state index in [0.717, 1.165) is 11.5 Å². The fraction of sp³-hybridized carbons (Fsp3) is 0.222. The van der Waals surface area contributed by atoms with Gasteiger partial charge in [0.15, 0.2) is 10.5 Å². The minimum absolute atomic E-state index is 0.618. The highest BCUT2D eigenvalue weighted by molar-refractivity contribution is 7.71. The Morgan fingerprint density at radius 3 is 2.50 bits per heavy atom. The molecular formula is C9H11N3OS. The molecular weight excluding hydrogens is 198 g/mol. The van der Waals surface area contributed by atoms with Crippen molar-refractivity contribution in [2.75, 3.05) is 5.73 Å². The van der Waals surface area contributed by atoms with Crippen LogP contribution in [-0.4, -0.2) is 9.13 Å². The zero-order valence-electron chi connectivity index (χ0n) is 8.02. The summed E-state index contributed by atoms with van der Waals surface area (Å²) in [5.74, 6) is 1.35. The summed E-state index contributed by atoms with van der Waals surface area (Å²) in [7, 11) is 3.71. The molecule has 0 fully saturated rings. The summed E-state index contributed by atoms with van der Waals surface area (Å²) in [4.78, 5) is 0. The summed E-state index contributed by atoms with van der Waals surface area (Å²) in [5.41, 5.74) is 6.73. The van der Waals surface area contributed by atoms with E-state index in [1.54, 1.807) is 10.8 Å². The zero-order chi connectivity index (χ0) is 10.3. The van der Waals surface area contributed by atoms with Gasteiger partial charge in [-0.05, 0) is 24.4 Å². The van der Waals surface area contributed by atoms with Gasteiger partial charge in [0.1, 0.15) is 11.5 Å². The Bertz CT molecular complexity index is 507. The summed E-state index contributed by atoms with van der Waals surface area (Å²) >= 11 is 5.18. The molecule has 74 valence electrons. The third-order valence-electron chi connectivity index (χ3n) is 2.27. The van der Waals surface area contributed by atoms with Crippen molar-refractivity contribution >= 4 is 18.0 Å². The van der Waals surface area contributed by atoms with Gasteiger partial charge in [-0.25, -0.2) is 0 Å². The number of nitrogens with two attached hydrogens (primary N) is 1. The van der Waals surface area contributed by atoms with E-state index in [1.807, 2.05) is 30.8 Å². The molecule has 2 aromatic heterocycles. The van der Waals surface area contributed by atoms with Gasteiger partial charge in [0.05, 0.1) is 6.26 Å². The van der Waals surface area contributed by atoms with Crippen LogP contribution >= 0.6 is 12.2 Å². The number of rotatable bonds is 1. The van der Waals surface area contributed by atoms with Gasteiger partial charge in [0.25, 0.3) is 0 Å². The number of imidazole rings is 1. The van der Waals surface area contributed by atoms with Gasteiger partial charge < -0.3 is 19.3 Å². The average molecular weight is 209 g/mol. The number of aromatic nitrogens is 2. The third kappa shape index (κ3) is 1.09. The minimum atomic E-state index is 0.618. The lowest BCUT2D eigenvalue weighted by atomic mass is 10.3. The lowest BCUT2D eigenvalue weighted by molar-refractivity contribution is 0.577. The Labute approximate surface area is 86.6 Å². The molecule has 0 amide bonds. The van der Waals surface area contributed by atoms with Crippen molar-refractivity contribution in [2.24, 2.45) is 14.1 Å². The molecule has 0 bridgehead atoms. The molecule has 0 spiro atoms. The van der Waals surface area contributed by atoms with Crippen LogP contribution < -0.4 is 5.73 Å². The number of nitrogen functional groups attached to an aromatic ring is 1. The SMILES string of the molecule is Cn1c(N)c(-c2ccco2)n(C)c1=S. The number of furan rings is 1. The van der Waals surface area contributed by atoms with E-state index in [1.165, 1.54) is 0 Å². The first-order valence-electron chi connectivity index (χ1n) is 4.18. The van der Waals surface area contributed by atoms with E-state index in [9.17, 15) is 0 Å². The fourth-order valence-electron chi connectivity index (χ4n) is 1.46. The Balaban J connectivity index is 2.77. The van der Waals surface area contributed by atoms with Crippen molar-refractivity contribution in [1.29, 1.82) is 0 Å². The maximum Gasteiger partial charge on any atom is 0.181 e. The molecule has 2 heterocycles. The summed E-state index contributed by atoms with van der Waals surface area (Å²) < 4.78 is 9.56. The van der Waals surface area contributed by atoms with E-state index in [-0.39, 0.29) is 0 Å². The first-order chi connectivity index (χ1) is 6.63. The first kappa shape index (κ1) is 9.08. The van der Waals surface area contributed by atoms with Crippen LogP contribution in [0.5, 0.6) is 0 Å². The van der Waals surface area contributed by atoms with Gasteiger partial charge >= 0.3 is 0 Å². The fourth-order valence-corrected chi connectivity index (χ4v) is 1.65. The van der Waals surface area contributed by atoms with Gasteiger partial charge in [0, 0.05) is 14.1 Å². The molecule has 0 aliphatic rings. The van der Waals surface area contributed by atoms with E-state index < -0.39 is 0 Å². The second kappa shape index (κ2) is 3.02. The second-order valence-corrected chi connectivity index (χ2v) is 3.48. The smallest absolute Gasteiger partial charge is 0.181 e. The van der Waals surface area contributed by atoms with Crippen molar-refractivity contribution in [3.8, 4) is 11.5 Å². The standard InChI is InChI=1S/C9H11N3OS/c1-11-7(6-4-3-5-13-6)8(10)12(2)9(11)14/h3-5H,10H2,1-2H3. The van der Waals surface area contributed by atoms with E-state index >= 15 is 0 Å². The van der Waals surface area contributed by atoms with Crippen LogP contribution in [0.1, 0.15) is 0 Å². The monoisotopic (exact) mass is 209 g/mol. The van der Waals surface area contributed by atoms with Crippen LogP contribution in [-0.2, 0) is 14.1 Å². The van der Waals surface area contributed by atoms with Gasteiger partial charge in [-0.15, -0.1) is 0 Å². The molecule has 2 rings (SSSR count). The van der Waals surface area contributed by atoms with Crippen LogP contribution in [0.25, 0.3) is 11.5 Å². The molecule has 0 saturated heterocycles. The highest BCUT2D eigenvalue weighted by atomic mass is 32.1. The molecule has 14 heavy (non-hydrogen) atoms. The highest BCUT2D eigenvalue weighted by Gasteiger charge is 2.14. The molecule has 0 aromatic carbocycles. The second-order valence-electron chi connectivity index (χ2n) is 3.11. The Kier molecular flexibility index (Phi) is 1.96. The van der Waals surface area contributed by atoms with Gasteiger partial charge in [-0.2, -0.15) is 0 Å². The molecule has 5 heteroatoms. The Morgan fingerprint density at radius 2 is 2.07 bits per heavy atom. The zero-order valence-corrected chi connectivity index (χ0v) is 8.84. The maximum absolute atomic E-state index is 5.91. The van der Waals surface area contributed by atoms with Crippen LogP contribution in [0.2, 0.25) is 0 Å². The molecule has 0 unspecified atom stereocenters. The van der Waals surface area contributed by atoms with E-state index in [0.29, 0.717) is 10.6 Å². The quantitative estimate of drug-likeness (QED) is 0.730. The van der Waals surface area contributed by atoms with Gasteiger partial charge in [-0.1, -0.05) is 0 Å². The average Bonchev–Trinajstić information content (AvgIpc) is 2.73. The molecule has 2 aromatic rings. The summed E-state index contributed by atoms with van der Waals surface area (Å²) in [6.07, 6.45) is 1.62. The van der Waals surface area contributed by atoms with Crippen molar-refractivity contribution in [2.45, 2.75) is 0 Å². The lowest BCUT2D eigenvalue weighted by Crippen LogP contribution is -1.96. The molecule has 0 aliphatic heterocycles. The maximum atomic E-state index is 5.91. The first-order valence-corrected chi connectivity index (χ1v) is 4.59. The van der Waals surface area contributed by atoms with Crippen LogP contribution in [0.4, 0.5) is 5.82 Å². The van der Waals surface area contributed by atoms with Crippen molar-refractivity contribution in [3.63, 3.8) is 0 Å². The predicted octanol–water partition coefficient (Wildman–Crippen LogP) is 1.94. The number of hydrogen-bond acceptors (Lipinski definition) is 3. The summed E-state index contributed by atoms with van der Waals surface area (Å²) in [6.45, 7) is 0. The largest absolute Gasteiger partial charge is 0.463 e. The van der Waals surface area contributed by atoms with Crippen LogP contribution in [0.15, 0.2) is 22.8 Å². The number of anilines is 1. The van der Waals surface area contributed by atoms with Crippen molar-refractivity contribution in [1.82, 2.24) is 9.13 Å². The normalized spacial score (nSPS) is 10.7. The van der Waals surface area contributed by atoms with Gasteiger partial charge in [-0.3, -0.25) is 0 Å². The molecule has 0 saturated carbocycles. The Hall–Kier alpha value is -1.49. The highest BCUT2D eigenvalue weighted by Crippen LogP contribution is 2.26. The molecule has 0 atom stereocenters. The summed E-state index contributed by atoms with van der Waals surface area (Å²) in [5, 5.41) is 0. The molecule has 0 radical (unpaired) electrons. The topological polar surface area (TPSA) is 49.0 Å². The Morgan fingerprint density at radius 1 is 1.36 bits per heavy atom. The third-order valence-corrected chi connectivity index (χ3v) is 2.82. The minimum Gasteiger partial charge on any atom is -0.463 e. The molecule has 0 aliphatic carbocycles. The van der Waals surface area contributed by atoms with Crippen LogP contribution in [0, 0.1) is 4.77 Å². The lowest BCUT2D eigenvalue weighted by Gasteiger charge is -1.98. The molecule has 2 N–H and O–H groups in total.